The first-order chi connectivity index (χ1) is 9.17. The molecule has 0 aromatic heterocycles. The standard InChI is InChI=1S/C16H21NO2/c1-3-6-13(2)16(19)17-12-15-8-4-7-14(11-15)9-5-10-18/h4,7-8,11,13,18H,3,6,10,12H2,1-2H3,(H,17,19). The second kappa shape index (κ2) is 8.34. The fourth-order valence-corrected chi connectivity index (χ4v) is 1.83. The largest absolute Gasteiger partial charge is 0.384 e. The molecule has 0 radical (unpaired) electrons. The zero-order valence-corrected chi connectivity index (χ0v) is 11.6. The van der Waals surface area contributed by atoms with Crippen LogP contribution in [0.25, 0.3) is 0 Å². The fraction of sp³-hybridized carbons (Fsp3) is 0.438. The Morgan fingerprint density at radius 2 is 2.26 bits per heavy atom. The molecular formula is C16H21NO2. The first kappa shape index (κ1) is 15.3. The molecule has 0 saturated heterocycles. The summed E-state index contributed by atoms with van der Waals surface area (Å²) >= 11 is 0. The number of rotatable bonds is 5. The molecule has 0 aliphatic rings. The highest BCUT2D eigenvalue weighted by molar-refractivity contribution is 5.78. The fourth-order valence-electron chi connectivity index (χ4n) is 1.83. The minimum Gasteiger partial charge on any atom is -0.384 e. The lowest BCUT2D eigenvalue weighted by molar-refractivity contribution is -0.124. The predicted molar refractivity (Wildman–Crippen MR) is 76.3 cm³/mol. The summed E-state index contributed by atoms with van der Waals surface area (Å²) in [5.41, 5.74) is 1.86. The van der Waals surface area contributed by atoms with Crippen LogP contribution in [0.5, 0.6) is 0 Å². The van der Waals surface area contributed by atoms with Gasteiger partial charge >= 0.3 is 0 Å². The van der Waals surface area contributed by atoms with Crippen molar-refractivity contribution >= 4 is 5.91 Å². The topological polar surface area (TPSA) is 49.3 Å². The van der Waals surface area contributed by atoms with Gasteiger partial charge in [0, 0.05) is 18.0 Å². The van der Waals surface area contributed by atoms with Crippen LogP contribution in [-0.4, -0.2) is 17.6 Å². The summed E-state index contributed by atoms with van der Waals surface area (Å²) in [5.74, 6) is 5.61. The van der Waals surface area contributed by atoms with Crippen LogP contribution >= 0.6 is 0 Å². The van der Waals surface area contributed by atoms with Gasteiger partial charge in [-0.3, -0.25) is 4.79 Å². The summed E-state index contributed by atoms with van der Waals surface area (Å²) in [6.45, 7) is 4.39. The molecule has 1 unspecified atom stereocenters. The average Bonchev–Trinajstić information content (AvgIpc) is 2.43. The van der Waals surface area contributed by atoms with Crippen molar-refractivity contribution in [3.8, 4) is 11.8 Å². The van der Waals surface area contributed by atoms with Crippen molar-refractivity contribution in [2.75, 3.05) is 6.61 Å². The van der Waals surface area contributed by atoms with Crippen LogP contribution in [0.3, 0.4) is 0 Å². The second-order valence-electron chi connectivity index (χ2n) is 4.57. The highest BCUT2D eigenvalue weighted by atomic mass is 16.2. The third-order valence-corrected chi connectivity index (χ3v) is 2.87. The lowest BCUT2D eigenvalue weighted by Gasteiger charge is -2.11. The Balaban J connectivity index is 2.56. The Morgan fingerprint density at radius 3 is 2.95 bits per heavy atom. The third kappa shape index (κ3) is 5.58. The highest BCUT2D eigenvalue weighted by Gasteiger charge is 2.10. The average molecular weight is 259 g/mol. The molecule has 3 nitrogen and oxygen atoms in total. The maximum atomic E-state index is 11.8. The second-order valence-corrected chi connectivity index (χ2v) is 4.57. The molecule has 1 amide bonds. The van der Waals surface area contributed by atoms with E-state index in [0.29, 0.717) is 6.54 Å². The van der Waals surface area contributed by atoms with Crippen molar-refractivity contribution in [2.45, 2.75) is 33.2 Å². The Kier molecular flexibility index (Phi) is 6.70. The van der Waals surface area contributed by atoms with Gasteiger partial charge in [-0.2, -0.15) is 0 Å². The van der Waals surface area contributed by atoms with E-state index in [1.54, 1.807) is 0 Å². The van der Waals surface area contributed by atoms with Gasteiger partial charge in [-0.15, -0.1) is 0 Å². The number of aliphatic hydroxyl groups is 1. The Hall–Kier alpha value is -1.79. The van der Waals surface area contributed by atoms with Gasteiger partial charge in [0.15, 0.2) is 0 Å². The van der Waals surface area contributed by atoms with E-state index in [1.165, 1.54) is 0 Å². The molecule has 0 heterocycles. The minimum absolute atomic E-state index is 0.0577. The monoisotopic (exact) mass is 259 g/mol. The SMILES string of the molecule is CCCC(C)C(=O)NCc1cccc(C#CCO)c1. The first-order valence-electron chi connectivity index (χ1n) is 6.63. The van der Waals surface area contributed by atoms with Gasteiger partial charge < -0.3 is 10.4 Å². The molecule has 0 fully saturated rings. The molecule has 3 heteroatoms. The van der Waals surface area contributed by atoms with E-state index >= 15 is 0 Å². The maximum Gasteiger partial charge on any atom is 0.223 e. The summed E-state index contributed by atoms with van der Waals surface area (Å²) in [6.07, 6.45) is 1.93. The zero-order chi connectivity index (χ0) is 14.1. The van der Waals surface area contributed by atoms with E-state index in [4.69, 9.17) is 5.11 Å². The zero-order valence-electron chi connectivity index (χ0n) is 11.6. The quantitative estimate of drug-likeness (QED) is 0.795. The molecular weight excluding hydrogens is 238 g/mol. The third-order valence-electron chi connectivity index (χ3n) is 2.87. The molecule has 0 aliphatic heterocycles. The molecule has 1 aromatic rings. The Bertz CT molecular complexity index is 471. The molecule has 0 aliphatic carbocycles. The van der Waals surface area contributed by atoms with Crippen molar-refractivity contribution in [1.82, 2.24) is 5.32 Å². The lowest BCUT2D eigenvalue weighted by Crippen LogP contribution is -2.28. The van der Waals surface area contributed by atoms with Crippen LogP contribution in [0.2, 0.25) is 0 Å². The highest BCUT2D eigenvalue weighted by Crippen LogP contribution is 2.07. The molecule has 0 spiro atoms. The number of hydrogen-bond acceptors (Lipinski definition) is 2. The molecule has 1 atom stereocenters. The molecule has 0 bridgehead atoms. The number of carbonyl (C=O) groups excluding carboxylic acids is 1. The summed E-state index contributed by atoms with van der Waals surface area (Å²) in [7, 11) is 0. The van der Waals surface area contributed by atoms with Crippen molar-refractivity contribution in [2.24, 2.45) is 5.92 Å². The van der Waals surface area contributed by atoms with Crippen LogP contribution in [0, 0.1) is 17.8 Å². The molecule has 0 saturated carbocycles. The Morgan fingerprint density at radius 1 is 1.47 bits per heavy atom. The normalized spacial score (nSPS) is 11.3. The number of aliphatic hydroxyl groups excluding tert-OH is 1. The van der Waals surface area contributed by atoms with Gasteiger partial charge in [-0.05, 0) is 24.1 Å². The number of hydrogen-bond donors (Lipinski definition) is 2. The number of carbonyl (C=O) groups is 1. The van der Waals surface area contributed by atoms with Crippen molar-refractivity contribution < 1.29 is 9.90 Å². The van der Waals surface area contributed by atoms with E-state index in [-0.39, 0.29) is 18.4 Å². The molecule has 102 valence electrons. The summed E-state index contributed by atoms with van der Waals surface area (Å²) < 4.78 is 0. The first-order valence-corrected chi connectivity index (χ1v) is 6.63. The molecule has 19 heavy (non-hydrogen) atoms. The summed E-state index contributed by atoms with van der Waals surface area (Å²) in [4.78, 5) is 11.8. The van der Waals surface area contributed by atoms with Gasteiger partial charge in [0.05, 0.1) is 0 Å². The van der Waals surface area contributed by atoms with E-state index in [9.17, 15) is 4.79 Å². The van der Waals surface area contributed by atoms with Crippen LogP contribution in [0.4, 0.5) is 0 Å². The van der Waals surface area contributed by atoms with E-state index in [2.05, 4.69) is 24.1 Å². The van der Waals surface area contributed by atoms with Gasteiger partial charge in [-0.1, -0.05) is 44.2 Å². The van der Waals surface area contributed by atoms with Crippen LogP contribution < -0.4 is 5.32 Å². The van der Waals surface area contributed by atoms with Gasteiger partial charge in [0.1, 0.15) is 6.61 Å². The minimum atomic E-state index is -0.143. The lowest BCUT2D eigenvalue weighted by atomic mass is 10.1. The van der Waals surface area contributed by atoms with Crippen LogP contribution in [-0.2, 0) is 11.3 Å². The van der Waals surface area contributed by atoms with Crippen molar-refractivity contribution in [3.05, 3.63) is 35.4 Å². The Labute approximate surface area is 115 Å². The summed E-state index contributed by atoms with van der Waals surface area (Å²) in [5, 5.41) is 11.6. The molecule has 2 N–H and O–H groups in total. The van der Waals surface area contributed by atoms with Crippen molar-refractivity contribution in [1.29, 1.82) is 0 Å². The van der Waals surface area contributed by atoms with Gasteiger partial charge in [0.2, 0.25) is 5.91 Å². The van der Waals surface area contributed by atoms with Crippen LogP contribution in [0.1, 0.15) is 37.8 Å². The van der Waals surface area contributed by atoms with E-state index in [0.717, 1.165) is 24.0 Å². The van der Waals surface area contributed by atoms with Gasteiger partial charge in [0.25, 0.3) is 0 Å². The predicted octanol–water partition coefficient (Wildman–Crippen LogP) is 2.08. The molecule has 1 aromatic carbocycles. The summed E-state index contributed by atoms with van der Waals surface area (Å²) in [6, 6.07) is 7.66. The van der Waals surface area contributed by atoms with Crippen LogP contribution in [0.15, 0.2) is 24.3 Å². The van der Waals surface area contributed by atoms with E-state index < -0.39 is 0 Å². The molecule has 1 rings (SSSR count). The smallest absolute Gasteiger partial charge is 0.223 e. The number of benzene rings is 1. The maximum absolute atomic E-state index is 11.8. The van der Waals surface area contributed by atoms with E-state index in [1.807, 2.05) is 31.2 Å². The number of amides is 1. The van der Waals surface area contributed by atoms with Crippen molar-refractivity contribution in [3.63, 3.8) is 0 Å². The number of nitrogens with one attached hydrogen (secondary N) is 1. The van der Waals surface area contributed by atoms with Gasteiger partial charge in [-0.25, -0.2) is 0 Å².